The van der Waals surface area contributed by atoms with Gasteiger partial charge in [-0.05, 0) is 0 Å². The van der Waals surface area contributed by atoms with E-state index in [1.54, 1.807) is 4.90 Å². The minimum atomic E-state index is -2.87. The maximum atomic E-state index is 13.6. The summed E-state index contributed by atoms with van der Waals surface area (Å²) >= 11 is 1.32. The van der Waals surface area contributed by atoms with Crippen molar-refractivity contribution >= 4 is 22.4 Å². The zero-order chi connectivity index (χ0) is 17.9. The van der Waals surface area contributed by atoms with Crippen LogP contribution in [-0.4, -0.2) is 53.1 Å². The second-order valence-corrected chi connectivity index (χ2v) is 6.94. The molecule has 1 atom stereocenters. The highest BCUT2D eigenvalue weighted by atomic mass is 32.1. The molecule has 1 aliphatic heterocycles. The number of alkyl halides is 2. The summed E-state index contributed by atoms with van der Waals surface area (Å²) in [5, 5.41) is 14.2. The van der Waals surface area contributed by atoms with Crippen LogP contribution in [0.4, 0.5) is 13.9 Å². The Bertz CT molecular complexity index is 724. The van der Waals surface area contributed by atoms with Crippen LogP contribution in [0.3, 0.4) is 0 Å². The number of aromatic nitrogens is 1. The van der Waals surface area contributed by atoms with Crippen LogP contribution in [0.1, 0.15) is 6.42 Å². The molecule has 1 aliphatic rings. The molecule has 0 spiro atoms. The van der Waals surface area contributed by atoms with Gasteiger partial charge in [0.25, 0.3) is 5.92 Å². The molecule has 0 radical (unpaired) electrons. The fourth-order valence-corrected chi connectivity index (χ4v) is 3.55. The van der Waals surface area contributed by atoms with Crippen molar-refractivity contribution in [2.45, 2.75) is 12.3 Å². The van der Waals surface area contributed by atoms with Gasteiger partial charge in [0.05, 0.1) is 24.8 Å². The van der Waals surface area contributed by atoms with Crippen molar-refractivity contribution in [3.63, 3.8) is 0 Å². The minimum Gasteiger partial charge on any atom is -0.396 e. The summed E-state index contributed by atoms with van der Waals surface area (Å²) in [6.07, 6.45) is -0.346. The second kappa shape index (κ2) is 7.55. The quantitative estimate of drug-likeness (QED) is 0.853. The van der Waals surface area contributed by atoms with E-state index in [0.717, 1.165) is 11.3 Å². The number of aliphatic hydroxyl groups excluding tert-OH is 1. The number of carbonyl (C=O) groups excluding carboxylic acids is 1. The van der Waals surface area contributed by atoms with Gasteiger partial charge in [-0.15, -0.1) is 11.3 Å². The first kappa shape index (κ1) is 17.9. The standard InChI is InChI=1S/C17H19F2N3O2S/c18-17(19)6-7-22(8-13(17)10-23)9-15(24)21-16-20-14(11-25-16)12-4-2-1-3-5-12/h1-5,11,13,23H,6-10H2,(H,20,21,24). The largest absolute Gasteiger partial charge is 0.396 e. The molecule has 1 amide bonds. The highest BCUT2D eigenvalue weighted by Gasteiger charge is 2.43. The van der Waals surface area contributed by atoms with Crippen molar-refractivity contribution in [1.29, 1.82) is 0 Å². The van der Waals surface area contributed by atoms with Gasteiger partial charge in [-0.2, -0.15) is 0 Å². The van der Waals surface area contributed by atoms with E-state index in [9.17, 15) is 13.6 Å². The Morgan fingerprint density at radius 2 is 2.16 bits per heavy atom. The Morgan fingerprint density at radius 1 is 1.40 bits per heavy atom. The molecule has 1 fully saturated rings. The number of piperidine rings is 1. The first-order valence-electron chi connectivity index (χ1n) is 8.00. The van der Waals surface area contributed by atoms with E-state index < -0.39 is 18.4 Å². The van der Waals surface area contributed by atoms with Crippen LogP contribution in [-0.2, 0) is 4.79 Å². The van der Waals surface area contributed by atoms with E-state index in [0.29, 0.717) is 5.13 Å². The van der Waals surface area contributed by atoms with Gasteiger partial charge in [0.15, 0.2) is 5.13 Å². The van der Waals surface area contributed by atoms with Crippen LogP contribution < -0.4 is 5.32 Å². The molecule has 2 N–H and O–H groups in total. The summed E-state index contributed by atoms with van der Waals surface area (Å²) in [4.78, 5) is 18.2. The van der Waals surface area contributed by atoms with Crippen LogP contribution in [0.2, 0.25) is 0 Å². The Labute approximate surface area is 148 Å². The van der Waals surface area contributed by atoms with Crippen molar-refractivity contribution in [1.82, 2.24) is 9.88 Å². The zero-order valence-corrected chi connectivity index (χ0v) is 14.3. The van der Waals surface area contributed by atoms with Crippen molar-refractivity contribution in [3.8, 4) is 11.3 Å². The smallest absolute Gasteiger partial charge is 0.255 e. The molecule has 1 aromatic carbocycles. The number of hydrogen-bond donors (Lipinski definition) is 2. The zero-order valence-electron chi connectivity index (χ0n) is 13.5. The van der Waals surface area contributed by atoms with Crippen LogP contribution in [0.5, 0.6) is 0 Å². The van der Waals surface area contributed by atoms with Crippen molar-refractivity contribution in [2.75, 3.05) is 31.6 Å². The molecule has 0 bridgehead atoms. The first-order valence-corrected chi connectivity index (χ1v) is 8.88. The average molecular weight is 367 g/mol. The van der Waals surface area contributed by atoms with E-state index in [-0.39, 0.29) is 32.0 Å². The minimum absolute atomic E-state index is 0.00402. The lowest BCUT2D eigenvalue weighted by molar-refractivity contribution is -0.130. The SMILES string of the molecule is O=C(CN1CCC(F)(F)C(CO)C1)Nc1nc(-c2ccccc2)cs1. The maximum absolute atomic E-state index is 13.6. The van der Waals surface area contributed by atoms with Gasteiger partial charge >= 0.3 is 0 Å². The fourth-order valence-electron chi connectivity index (χ4n) is 2.82. The second-order valence-electron chi connectivity index (χ2n) is 6.08. The Hall–Kier alpha value is -1.90. The Kier molecular flexibility index (Phi) is 5.41. The van der Waals surface area contributed by atoms with Gasteiger partial charge in [0.2, 0.25) is 5.91 Å². The molecule has 8 heteroatoms. The van der Waals surface area contributed by atoms with Gasteiger partial charge in [-0.25, -0.2) is 13.8 Å². The lowest BCUT2D eigenvalue weighted by Gasteiger charge is -2.37. The molecule has 25 heavy (non-hydrogen) atoms. The number of nitrogens with one attached hydrogen (secondary N) is 1. The molecule has 1 saturated heterocycles. The third-order valence-electron chi connectivity index (χ3n) is 4.24. The van der Waals surface area contributed by atoms with Gasteiger partial charge in [0.1, 0.15) is 0 Å². The number of carbonyl (C=O) groups is 1. The number of likely N-dealkylation sites (tertiary alicyclic amines) is 1. The number of benzene rings is 1. The van der Waals surface area contributed by atoms with Gasteiger partial charge in [-0.1, -0.05) is 30.3 Å². The predicted octanol–water partition coefficient (Wildman–Crippen LogP) is 2.70. The molecule has 2 heterocycles. The maximum Gasteiger partial charge on any atom is 0.255 e. The summed E-state index contributed by atoms with van der Waals surface area (Å²) in [6.45, 7) is -0.445. The number of nitrogens with zero attached hydrogens (tertiary/aromatic N) is 2. The fraction of sp³-hybridized carbons (Fsp3) is 0.412. The number of aliphatic hydroxyl groups is 1. The summed E-state index contributed by atoms with van der Waals surface area (Å²) in [5.74, 6) is -4.30. The van der Waals surface area contributed by atoms with Crippen LogP contribution >= 0.6 is 11.3 Å². The Morgan fingerprint density at radius 3 is 2.88 bits per heavy atom. The van der Waals surface area contributed by atoms with Gasteiger partial charge in [0, 0.05) is 30.5 Å². The molecule has 0 aliphatic carbocycles. The van der Waals surface area contributed by atoms with Crippen LogP contribution in [0.25, 0.3) is 11.3 Å². The van der Waals surface area contributed by atoms with Gasteiger partial charge < -0.3 is 10.4 Å². The molecular weight excluding hydrogens is 348 g/mol. The predicted molar refractivity (Wildman–Crippen MR) is 92.8 cm³/mol. The third-order valence-corrected chi connectivity index (χ3v) is 5.00. The molecule has 2 aromatic rings. The number of amides is 1. The van der Waals surface area contributed by atoms with E-state index in [1.165, 1.54) is 11.3 Å². The van der Waals surface area contributed by atoms with Crippen LogP contribution in [0.15, 0.2) is 35.7 Å². The molecule has 134 valence electrons. The van der Waals surface area contributed by atoms with Crippen molar-refractivity contribution in [2.24, 2.45) is 5.92 Å². The molecule has 1 aromatic heterocycles. The van der Waals surface area contributed by atoms with Crippen LogP contribution in [0, 0.1) is 5.92 Å². The first-order chi connectivity index (χ1) is 12.0. The summed E-state index contributed by atoms with van der Waals surface area (Å²) in [7, 11) is 0. The molecule has 5 nitrogen and oxygen atoms in total. The topological polar surface area (TPSA) is 65.5 Å². The molecule has 1 unspecified atom stereocenters. The van der Waals surface area contributed by atoms with Crippen molar-refractivity contribution in [3.05, 3.63) is 35.7 Å². The number of rotatable bonds is 5. The highest BCUT2D eigenvalue weighted by molar-refractivity contribution is 7.14. The Balaban J connectivity index is 1.56. The van der Waals surface area contributed by atoms with Crippen molar-refractivity contribution < 1.29 is 18.7 Å². The average Bonchev–Trinajstić information content (AvgIpc) is 3.05. The molecule has 0 saturated carbocycles. The third kappa shape index (κ3) is 4.39. The number of halogens is 2. The van der Waals surface area contributed by atoms with E-state index in [1.807, 2.05) is 35.7 Å². The van der Waals surface area contributed by atoms with Gasteiger partial charge in [-0.3, -0.25) is 9.69 Å². The normalized spacial score (nSPS) is 20.4. The monoisotopic (exact) mass is 367 g/mol. The highest BCUT2D eigenvalue weighted by Crippen LogP contribution is 2.33. The summed E-state index contributed by atoms with van der Waals surface area (Å²) in [6, 6.07) is 9.61. The lowest BCUT2D eigenvalue weighted by Crippen LogP contribution is -2.50. The number of thiazole rings is 1. The summed E-state index contributed by atoms with van der Waals surface area (Å²) < 4.78 is 27.2. The lowest BCUT2D eigenvalue weighted by atomic mass is 9.94. The molecular formula is C17H19F2N3O2S. The van der Waals surface area contributed by atoms with E-state index in [4.69, 9.17) is 5.11 Å². The number of hydrogen-bond acceptors (Lipinski definition) is 5. The van der Waals surface area contributed by atoms with E-state index >= 15 is 0 Å². The van der Waals surface area contributed by atoms with E-state index in [2.05, 4.69) is 10.3 Å². The summed E-state index contributed by atoms with van der Waals surface area (Å²) in [5.41, 5.74) is 1.74. The number of anilines is 1. The molecule has 3 rings (SSSR count).